The molecule has 0 atom stereocenters. The van der Waals surface area contributed by atoms with E-state index in [9.17, 15) is 4.79 Å². The lowest BCUT2D eigenvalue weighted by atomic mass is 10.0. The molecule has 16 heavy (non-hydrogen) atoms. The zero-order valence-corrected chi connectivity index (χ0v) is 9.79. The third-order valence-electron chi connectivity index (χ3n) is 3.25. The van der Waals surface area contributed by atoms with Gasteiger partial charge < -0.3 is 5.11 Å². The average Bonchev–Trinajstić information content (AvgIpc) is 2.58. The molecule has 0 aromatic heterocycles. The molecule has 0 fully saturated rings. The van der Waals surface area contributed by atoms with Crippen molar-refractivity contribution in [2.75, 3.05) is 6.54 Å². The third kappa shape index (κ3) is 2.25. The Hall–Kier alpha value is -1.35. The molecule has 1 heterocycles. The van der Waals surface area contributed by atoms with E-state index in [4.69, 9.17) is 5.11 Å². The molecule has 0 radical (unpaired) electrons. The van der Waals surface area contributed by atoms with E-state index in [-0.39, 0.29) is 6.42 Å². The first-order valence-corrected chi connectivity index (χ1v) is 5.59. The van der Waals surface area contributed by atoms with Crippen LogP contribution in [0.3, 0.4) is 0 Å². The molecular formula is C13H17NO2. The Balaban J connectivity index is 2.06. The lowest BCUT2D eigenvalue weighted by molar-refractivity contribution is -0.137. The number of hydrogen-bond donors (Lipinski definition) is 1. The lowest BCUT2D eigenvalue weighted by Gasteiger charge is -2.12. The number of carbonyl (C=O) groups is 1. The van der Waals surface area contributed by atoms with Crippen molar-refractivity contribution in [2.24, 2.45) is 0 Å². The van der Waals surface area contributed by atoms with Gasteiger partial charge in [0.1, 0.15) is 0 Å². The quantitative estimate of drug-likeness (QED) is 0.846. The Morgan fingerprint density at radius 1 is 1.25 bits per heavy atom. The van der Waals surface area contributed by atoms with Crippen LogP contribution in [0.2, 0.25) is 0 Å². The van der Waals surface area contributed by atoms with Crippen molar-refractivity contribution in [3.8, 4) is 0 Å². The second-order valence-electron chi connectivity index (χ2n) is 4.56. The standard InChI is InChI=1S/C13H17NO2/c1-9-5-11-7-14(4-3-13(15)16)8-12(11)6-10(9)2/h5-6H,3-4,7-8H2,1-2H3,(H,15,16). The molecule has 2 rings (SSSR count). The maximum Gasteiger partial charge on any atom is 0.304 e. The fourth-order valence-corrected chi connectivity index (χ4v) is 2.18. The predicted molar refractivity (Wildman–Crippen MR) is 62.3 cm³/mol. The van der Waals surface area contributed by atoms with E-state index in [2.05, 4.69) is 30.9 Å². The van der Waals surface area contributed by atoms with Crippen LogP contribution in [0.25, 0.3) is 0 Å². The maximum atomic E-state index is 10.5. The predicted octanol–water partition coefficient (Wildman–Crippen LogP) is 2.09. The van der Waals surface area contributed by atoms with Crippen LogP contribution >= 0.6 is 0 Å². The molecule has 3 nitrogen and oxygen atoms in total. The summed E-state index contributed by atoms with van der Waals surface area (Å²) in [5, 5.41) is 8.65. The summed E-state index contributed by atoms with van der Waals surface area (Å²) in [6, 6.07) is 4.46. The number of carboxylic acid groups (broad SMARTS) is 1. The molecule has 0 saturated carbocycles. The summed E-state index contributed by atoms with van der Waals surface area (Å²) in [6.07, 6.45) is 0.228. The van der Waals surface area contributed by atoms with Gasteiger partial charge in [-0.25, -0.2) is 0 Å². The van der Waals surface area contributed by atoms with Crippen molar-refractivity contribution in [1.29, 1.82) is 0 Å². The van der Waals surface area contributed by atoms with Gasteiger partial charge >= 0.3 is 5.97 Å². The van der Waals surface area contributed by atoms with Gasteiger partial charge in [0.25, 0.3) is 0 Å². The largest absolute Gasteiger partial charge is 0.481 e. The zero-order chi connectivity index (χ0) is 11.7. The highest BCUT2D eigenvalue weighted by molar-refractivity contribution is 5.66. The van der Waals surface area contributed by atoms with Gasteiger partial charge in [-0.1, -0.05) is 12.1 Å². The summed E-state index contributed by atoms with van der Waals surface area (Å²) < 4.78 is 0. The number of aryl methyl sites for hydroxylation is 2. The Morgan fingerprint density at radius 2 is 1.75 bits per heavy atom. The molecule has 0 aliphatic carbocycles. The fourth-order valence-electron chi connectivity index (χ4n) is 2.18. The van der Waals surface area contributed by atoms with Crippen molar-refractivity contribution >= 4 is 5.97 Å². The Kier molecular flexibility index (Phi) is 2.97. The highest BCUT2D eigenvalue weighted by Crippen LogP contribution is 2.25. The first-order chi connectivity index (χ1) is 7.56. The number of hydrogen-bond acceptors (Lipinski definition) is 2. The van der Waals surface area contributed by atoms with Gasteiger partial charge in [-0.2, -0.15) is 0 Å². The summed E-state index contributed by atoms with van der Waals surface area (Å²) in [6.45, 7) is 6.67. The summed E-state index contributed by atoms with van der Waals surface area (Å²) >= 11 is 0. The Morgan fingerprint density at radius 3 is 2.19 bits per heavy atom. The summed E-state index contributed by atoms with van der Waals surface area (Å²) in [5.41, 5.74) is 5.35. The molecule has 0 bridgehead atoms. The van der Waals surface area contributed by atoms with Crippen molar-refractivity contribution in [2.45, 2.75) is 33.4 Å². The average molecular weight is 219 g/mol. The highest BCUT2D eigenvalue weighted by atomic mass is 16.4. The zero-order valence-electron chi connectivity index (χ0n) is 9.79. The molecule has 0 amide bonds. The number of nitrogens with zero attached hydrogens (tertiary/aromatic N) is 1. The first-order valence-electron chi connectivity index (χ1n) is 5.59. The molecule has 0 spiro atoms. The molecule has 0 unspecified atom stereocenters. The third-order valence-corrected chi connectivity index (χ3v) is 3.25. The molecule has 1 aliphatic rings. The highest BCUT2D eigenvalue weighted by Gasteiger charge is 2.19. The molecular weight excluding hydrogens is 202 g/mol. The van der Waals surface area contributed by atoms with E-state index in [1.165, 1.54) is 22.3 Å². The lowest BCUT2D eigenvalue weighted by Crippen LogP contribution is -2.20. The van der Waals surface area contributed by atoms with Crippen LogP contribution in [0.4, 0.5) is 0 Å². The topological polar surface area (TPSA) is 40.5 Å². The minimum absolute atomic E-state index is 0.228. The molecule has 86 valence electrons. The molecule has 1 aromatic carbocycles. The van der Waals surface area contributed by atoms with Crippen molar-refractivity contribution in [3.05, 3.63) is 34.4 Å². The van der Waals surface area contributed by atoms with Gasteiger partial charge in [0.05, 0.1) is 6.42 Å². The number of benzene rings is 1. The van der Waals surface area contributed by atoms with E-state index in [1.54, 1.807) is 0 Å². The molecule has 1 N–H and O–H groups in total. The normalized spacial score (nSPS) is 15.1. The summed E-state index contributed by atoms with van der Waals surface area (Å²) in [5.74, 6) is -0.719. The fraction of sp³-hybridized carbons (Fsp3) is 0.462. The van der Waals surface area contributed by atoms with E-state index in [1.807, 2.05) is 0 Å². The maximum absolute atomic E-state index is 10.5. The second-order valence-corrected chi connectivity index (χ2v) is 4.56. The van der Waals surface area contributed by atoms with E-state index >= 15 is 0 Å². The SMILES string of the molecule is Cc1cc2c(cc1C)CN(CCC(=O)O)C2. The van der Waals surface area contributed by atoms with Crippen molar-refractivity contribution in [3.63, 3.8) is 0 Å². The summed E-state index contributed by atoms with van der Waals surface area (Å²) in [7, 11) is 0. The second kappa shape index (κ2) is 4.26. The van der Waals surface area contributed by atoms with Gasteiger partial charge in [0.2, 0.25) is 0 Å². The first kappa shape index (κ1) is 11.1. The smallest absolute Gasteiger partial charge is 0.304 e. The van der Waals surface area contributed by atoms with Crippen molar-refractivity contribution < 1.29 is 9.90 Å². The Labute approximate surface area is 95.7 Å². The van der Waals surface area contributed by atoms with E-state index in [0.717, 1.165) is 13.1 Å². The molecule has 1 aliphatic heterocycles. The summed E-state index contributed by atoms with van der Waals surface area (Å²) in [4.78, 5) is 12.7. The Bertz CT molecular complexity index is 395. The van der Waals surface area contributed by atoms with Crippen LogP contribution in [-0.4, -0.2) is 22.5 Å². The van der Waals surface area contributed by atoms with Crippen LogP contribution in [0, 0.1) is 13.8 Å². The van der Waals surface area contributed by atoms with Crippen LogP contribution in [-0.2, 0) is 17.9 Å². The monoisotopic (exact) mass is 219 g/mol. The van der Waals surface area contributed by atoms with Crippen LogP contribution < -0.4 is 0 Å². The van der Waals surface area contributed by atoms with Gasteiger partial charge in [0, 0.05) is 19.6 Å². The van der Waals surface area contributed by atoms with Crippen LogP contribution in [0.1, 0.15) is 28.7 Å². The van der Waals surface area contributed by atoms with Gasteiger partial charge in [-0.15, -0.1) is 0 Å². The number of aliphatic carboxylic acids is 1. The number of carboxylic acids is 1. The van der Waals surface area contributed by atoms with Gasteiger partial charge in [0.15, 0.2) is 0 Å². The van der Waals surface area contributed by atoms with Crippen molar-refractivity contribution in [1.82, 2.24) is 4.90 Å². The van der Waals surface area contributed by atoms with Crippen LogP contribution in [0.15, 0.2) is 12.1 Å². The molecule has 3 heteroatoms. The van der Waals surface area contributed by atoms with Gasteiger partial charge in [-0.05, 0) is 36.1 Å². The molecule has 1 aromatic rings. The minimum Gasteiger partial charge on any atom is -0.481 e. The molecule has 0 saturated heterocycles. The van der Waals surface area contributed by atoms with E-state index < -0.39 is 5.97 Å². The number of rotatable bonds is 3. The minimum atomic E-state index is -0.719. The number of fused-ring (bicyclic) bond motifs is 1. The van der Waals surface area contributed by atoms with E-state index in [0.29, 0.717) is 6.54 Å². The van der Waals surface area contributed by atoms with Gasteiger partial charge in [-0.3, -0.25) is 9.69 Å². The van der Waals surface area contributed by atoms with Crippen LogP contribution in [0.5, 0.6) is 0 Å².